The minimum Gasteiger partial charge on any atom is -0.464 e. The lowest BCUT2D eigenvalue weighted by molar-refractivity contribution is -0.170. The molecule has 1 heterocycles. The molecule has 0 bridgehead atoms. The maximum Gasteiger partial charge on any atom is 0.338 e. The molecule has 0 N–H and O–H groups in total. The molecule has 0 radical (unpaired) electrons. The second kappa shape index (κ2) is 12.7. The van der Waals surface area contributed by atoms with E-state index in [1.165, 1.54) is 38.5 Å². The van der Waals surface area contributed by atoms with Crippen LogP contribution < -0.4 is 0 Å². The Morgan fingerprint density at radius 3 is 2.13 bits per heavy atom. The second-order valence-corrected chi connectivity index (χ2v) is 15.7. The van der Waals surface area contributed by atoms with E-state index in [0.717, 1.165) is 12.8 Å². The molecule has 0 aromatic carbocycles. The lowest BCUT2D eigenvalue weighted by atomic mass is 10.0. The zero-order valence-corrected chi connectivity index (χ0v) is 22.8. The van der Waals surface area contributed by atoms with Gasteiger partial charge in [-0.05, 0) is 45.3 Å². The zero-order chi connectivity index (χ0) is 23.7. The first-order valence-corrected chi connectivity index (χ1v) is 15.4. The number of carbonyl (C=O) groups is 1. The Morgan fingerprint density at radius 2 is 1.58 bits per heavy atom. The van der Waals surface area contributed by atoms with Crippen LogP contribution in [0.4, 0.5) is 0 Å². The summed E-state index contributed by atoms with van der Waals surface area (Å²) in [6.45, 7) is 19.5. The van der Waals surface area contributed by atoms with E-state index in [1.54, 1.807) is 0 Å². The van der Waals surface area contributed by atoms with Crippen LogP contribution in [0.1, 0.15) is 106 Å². The second-order valence-electron chi connectivity index (χ2n) is 11.0. The van der Waals surface area contributed by atoms with Crippen LogP contribution in [0.2, 0.25) is 18.1 Å². The van der Waals surface area contributed by atoms with Crippen LogP contribution in [0.3, 0.4) is 0 Å². The highest BCUT2D eigenvalue weighted by molar-refractivity contribution is 6.74. The van der Waals surface area contributed by atoms with Gasteiger partial charge in [-0.3, -0.25) is 0 Å². The van der Waals surface area contributed by atoms with Crippen LogP contribution in [0, 0.1) is 0 Å². The predicted octanol–water partition coefficient (Wildman–Crippen LogP) is 6.99. The summed E-state index contributed by atoms with van der Waals surface area (Å²) in [6.07, 6.45) is 9.64. The summed E-state index contributed by atoms with van der Waals surface area (Å²) in [5.74, 6) is -1.12. The lowest BCUT2D eigenvalue weighted by Gasteiger charge is -2.40. The Bertz CT molecular complexity index is 526. The third-order valence-corrected chi connectivity index (χ3v) is 11.1. The van der Waals surface area contributed by atoms with Gasteiger partial charge < -0.3 is 18.6 Å². The van der Waals surface area contributed by atoms with Crippen molar-refractivity contribution in [1.82, 2.24) is 0 Å². The molecule has 1 rings (SSSR count). The van der Waals surface area contributed by atoms with Gasteiger partial charge in [0, 0.05) is 12.5 Å². The van der Waals surface area contributed by atoms with Crippen LogP contribution in [-0.2, 0) is 23.4 Å². The highest BCUT2D eigenvalue weighted by Gasteiger charge is 2.48. The number of hydrogen-bond donors (Lipinski definition) is 0. The maximum atomic E-state index is 12.5. The Morgan fingerprint density at radius 1 is 1.00 bits per heavy atom. The number of rotatable bonds is 14. The number of ether oxygens (including phenoxy) is 3. The minimum atomic E-state index is -1.94. The monoisotopic (exact) mass is 458 g/mol. The molecule has 1 aliphatic rings. The molecule has 1 saturated heterocycles. The normalized spacial score (nSPS) is 22.5. The van der Waals surface area contributed by atoms with E-state index in [0.29, 0.717) is 13.0 Å². The smallest absolute Gasteiger partial charge is 0.338 e. The van der Waals surface area contributed by atoms with Crippen LogP contribution in [0.25, 0.3) is 0 Å². The molecule has 0 amide bonds. The van der Waals surface area contributed by atoms with Crippen LogP contribution in [0.5, 0.6) is 0 Å². The van der Waals surface area contributed by atoms with Gasteiger partial charge in [-0.1, -0.05) is 72.6 Å². The molecule has 31 heavy (non-hydrogen) atoms. The van der Waals surface area contributed by atoms with Crippen LogP contribution >= 0.6 is 0 Å². The average Bonchev–Trinajstić information content (AvgIpc) is 2.94. The van der Waals surface area contributed by atoms with Crippen molar-refractivity contribution in [3.8, 4) is 0 Å². The molecule has 5 nitrogen and oxygen atoms in total. The van der Waals surface area contributed by atoms with Gasteiger partial charge in [0.05, 0.1) is 6.61 Å². The standard InChI is InChI=1S/C25H50O5Si/c1-10-12-13-14-15-16-17-18-20(30-31(8,9)24(3,4)5)19-21-22(23(26)27-11-2)29-25(6,7)28-21/h20-22H,10-19H2,1-9H3/t20-,21+,22-/m0/s1. The fourth-order valence-corrected chi connectivity index (χ4v) is 5.24. The summed E-state index contributed by atoms with van der Waals surface area (Å²) in [4.78, 5) is 12.5. The molecule has 3 atom stereocenters. The summed E-state index contributed by atoms with van der Waals surface area (Å²) < 4.78 is 24.1. The first-order valence-electron chi connectivity index (χ1n) is 12.5. The maximum absolute atomic E-state index is 12.5. The first-order chi connectivity index (χ1) is 14.3. The molecule has 0 aliphatic carbocycles. The van der Waals surface area contributed by atoms with Crippen molar-refractivity contribution in [1.29, 1.82) is 0 Å². The SMILES string of the molecule is CCCCCCCCC[C@@H](C[C@H]1OC(C)(C)O[C@@H]1C(=O)OCC)O[Si](C)(C)C(C)(C)C. The van der Waals surface area contributed by atoms with Crippen molar-refractivity contribution in [3.63, 3.8) is 0 Å². The van der Waals surface area contributed by atoms with E-state index in [-0.39, 0.29) is 23.2 Å². The minimum absolute atomic E-state index is 0.0657. The molecule has 6 heteroatoms. The van der Waals surface area contributed by atoms with Gasteiger partial charge in [-0.25, -0.2) is 4.79 Å². The third kappa shape index (κ3) is 9.93. The van der Waals surface area contributed by atoms with Gasteiger partial charge in [0.15, 0.2) is 20.2 Å². The largest absolute Gasteiger partial charge is 0.464 e. The van der Waals surface area contributed by atoms with E-state index in [1.807, 2.05) is 20.8 Å². The van der Waals surface area contributed by atoms with Crippen LogP contribution in [0.15, 0.2) is 0 Å². The summed E-state index contributed by atoms with van der Waals surface area (Å²) in [5.41, 5.74) is 0. The van der Waals surface area contributed by atoms with Crippen molar-refractivity contribution >= 4 is 14.3 Å². The average molecular weight is 459 g/mol. The predicted molar refractivity (Wildman–Crippen MR) is 130 cm³/mol. The van der Waals surface area contributed by atoms with Crippen molar-refractivity contribution in [3.05, 3.63) is 0 Å². The number of hydrogen-bond acceptors (Lipinski definition) is 5. The highest BCUT2D eigenvalue weighted by Crippen LogP contribution is 2.39. The van der Waals surface area contributed by atoms with E-state index in [9.17, 15) is 4.79 Å². The molecular formula is C25H50O5Si. The summed E-state index contributed by atoms with van der Waals surface area (Å²) >= 11 is 0. The Balaban J connectivity index is 2.80. The van der Waals surface area contributed by atoms with E-state index >= 15 is 0 Å². The molecule has 0 saturated carbocycles. The molecule has 0 unspecified atom stereocenters. The third-order valence-electron chi connectivity index (χ3n) is 6.59. The summed E-state index contributed by atoms with van der Waals surface area (Å²) in [7, 11) is -1.94. The topological polar surface area (TPSA) is 54.0 Å². The van der Waals surface area contributed by atoms with Gasteiger partial charge in [0.2, 0.25) is 0 Å². The van der Waals surface area contributed by atoms with Gasteiger partial charge in [-0.15, -0.1) is 0 Å². The number of carbonyl (C=O) groups excluding carboxylic acids is 1. The fraction of sp³-hybridized carbons (Fsp3) is 0.960. The molecule has 1 fully saturated rings. The fourth-order valence-electron chi connectivity index (χ4n) is 3.84. The van der Waals surface area contributed by atoms with Gasteiger partial charge in [-0.2, -0.15) is 0 Å². The Kier molecular flexibility index (Phi) is 11.7. The van der Waals surface area contributed by atoms with Gasteiger partial charge >= 0.3 is 5.97 Å². The van der Waals surface area contributed by atoms with Crippen molar-refractivity contribution in [2.24, 2.45) is 0 Å². The Labute approximate surface area is 193 Å². The quantitative estimate of drug-likeness (QED) is 0.159. The van der Waals surface area contributed by atoms with E-state index < -0.39 is 20.2 Å². The van der Waals surface area contributed by atoms with Gasteiger partial charge in [0.1, 0.15) is 6.10 Å². The molecule has 0 aromatic rings. The van der Waals surface area contributed by atoms with Crippen molar-refractivity contribution in [2.75, 3.05) is 6.61 Å². The zero-order valence-electron chi connectivity index (χ0n) is 21.8. The molecule has 184 valence electrons. The molecular weight excluding hydrogens is 408 g/mol. The summed E-state index contributed by atoms with van der Waals surface area (Å²) in [6, 6.07) is 0. The first kappa shape index (κ1) is 28.6. The Hall–Kier alpha value is -0.433. The highest BCUT2D eigenvalue weighted by atomic mass is 28.4. The van der Waals surface area contributed by atoms with Crippen LogP contribution in [-0.4, -0.2) is 45.0 Å². The van der Waals surface area contributed by atoms with Crippen molar-refractivity contribution in [2.45, 2.75) is 148 Å². The lowest BCUT2D eigenvalue weighted by Crippen LogP contribution is -2.45. The van der Waals surface area contributed by atoms with E-state index in [2.05, 4.69) is 40.8 Å². The number of unbranched alkanes of at least 4 members (excludes halogenated alkanes) is 6. The van der Waals surface area contributed by atoms with Crippen molar-refractivity contribution < 1.29 is 23.4 Å². The molecule has 1 aliphatic heterocycles. The molecule has 0 aromatic heterocycles. The van der Waals surface area contributed by atoms with E-state index in [4.69, 9.17) is 18.6 Å². The summed E-state index contributed by atoms with van der Waals surface area (Å²) in [5, 5.41) is 0.137. The van der Waals surface area contributed by atoms with Gasteiger partial charge in [0.25, 0.3) is 0 Å². The number of esters is 1. The molecule has 0 spiro atoms.